The van der Waals surface area contributed by atoms with E-state index < -0.39 is 122 Å². The van der Waals surface area contributed by atoms with E-state index in [9.17, 15) is 45.3 Å². The van der Waals surface area contributed by atoms with E-state index >= 15 is 0 Å². The van der Waals surface area contributed by atoms with Crippen molar-refractivity contribution < 1.29 is 83.2 Å². The SMILES string of the molecule is CC(=O)OC1C(O)C(C)OC(OC2C3C=COC(OC4OC(CO)C(O)C(O)C4O)C3C3(CO)OC23)C1OC(=O)C=Cc1ccc(O)cc1. The van der Waals surface area contributed by atoms with Crippen LogP contribution in [0.3, 0.4) is 0 Å². The second kappa shape index (κ2) is 14.2. The molecule has 0 bridgehead atoms. The predicted molar refractivity (Wildman–Crippen MR) is 158 cm³/mol. The van der Waals surface area contributed by atoms with Crippen LogP contribution in [0.2, 0.25) is 0 Å². The minimum atomic E-state index is -1.72. The average molecular weight is 697 g/mol. The number of carbonyl (C=O) groups excluding carboxylic acids is 2. The summed E-state index contributed by atoms with van der Waals surface area (Å²) in [4.78, 5) is 25.1. The van der Waals surface area contributed by atoms with Crippen molar-refractivity contribution in [3.8, 4) is 5.75 Å². The summed E-state index contributed by atoms with van der Waals surface area (Å²) in [6.45, 7) is 1.46. The number of esters is 2. The number of aromatic hydroxyl groups is 1. The maximum atomic E-state index is 13.0. The molecule has 49 heavy (non-hydrogen) atoms. The van der Waals surface area contributed by atoms with Crippen LogP contribution in [0.1, 0.15) is 19.4 Å². The number of benzene rings is 1. The Bertz CT molecular complexity index is 1400. The molecular formula is C32H40O17. The zero-order valence-corrected chi connectivity index (χ0v) is 26.4. The van der Waals surface area contributed by atoms with E-state index in [0.29, 0.717) is 5.56 Å². The number of hydrogen-bond donors (Lipinski definition) is 7. The van der Waals surface area contributed by atoms with Gasteiger partial charge in [0.1, 0.15) is 48.0 Å². The lowest BCUT2D eigenvalue weighted by atomic mass is 9.85. The average Bonchev–Trinajstić information content (AvgIpc) is 3.75. The number of fused-ring (bicyclic) bond motifs is 3. The molecule has 0 aromatic heterocycles. The van der Waals surface area contributed by atoms with Gasteiger partial charge in [-0.2, -0.15) is 0 Å². The summed E-state index contributed by atoms with van der Waals surface area (Å²) in [5, 5.41) is 71.5. The highest BCUT2D eigenvalue weighted by Gasteiger charge is 2.77. The van der Waals surface area contributed by atoms with E-state index in [4.69, 9.17) is 37.9 Å². The van der Waals surface area contributed by atoms with E-state index in [0.717, 1.165) is 13.0 Å². The van der Waals surface area contributed by atoms with Gasteiger partial charge in [0.25, 0.3) is 0 Å². The largest absolute Gasteiger partial charge is 0.508 e. The first-order valence-electron chi connectivity index (χ1n) is 15.8. The maximum Gasteiger partial charge on any atom is 0.331 e. The van der Waals surface area contributed by atoms with Crippen LogP contribution in [0.25, 0.3) is 6.08 Å². The van der Waals surface area contributed by atoms with Gasteiger partial charge in [-0.15, -0.1) is 0 Å². The fourth-order valence-electron chi connectivity index (χ4n) is 6.93. The first kappa shape index (κ1) is 35.6. The molecular weight excluding hydrogens is 656 g/mol. The first-order valence-corrected chi connectivity index (χ1v) is 15.8. The van der Waals surface area contributed by atoms with Gasteiger partial charge in [-0.05, 0) is 36.8 Å². The van der Waals surface area contributed by atoms with Crippen LogP contribution >= 0.6 is 0 Å². The van der Waals surface area contributed by atoms with Crippen LogP contribution in [0.15, 0.2) is 42.7 Å². The predicted octanol–water partition coefficient (Wildman–Crippen LogP) is -2.20. The van der Waals surface area contributed by atoms with Crippen molar-refractivity contribution in [2.24, 2.45) is 11.8 Å². The number of ether oxygens (including phenoxy) is 8. The van der Waals surface area contributed by atoms with Gasteiger partial charge < -0.3 is 73.6 Å². The lowest BCUT2D eigenvalue weighted by molar-refractivity contribution is -0.347. The Balaban J connectivity index is 1.23. The summed E-state index contributed by atoms with van der Waals surface area (Å²) in [6, 6.07) is 6.00. The molecule has 17 heteroatoms. The Morgan fingerprint density at radius 2 is 1.61 bits per heavy atom. The number of aliphatic hydroxyl groups excluding tert-OH is 6. The van der Waals surface area contributed by atoms with Crippen molar-refractivity contribution in [1.29, 1.82) is 0 Å². The fraction of sp³-hybridized carbons (Fsp3) is 0.625. The Labute approximate surface area is 279 Å². The summed E-state index contributed by atoms with van der Waals surface area (Å²) in [5.74, 6) is -3.02. The molecule has 16 atom stereocenters. The van der Waals surface area contributed by atoms with Crippen molar-refractivity contribution in [2.45, 2.75) is 99.4 Å². The number of phenols is 1. The van der Waals surface area contributed by atoms with Crippen molar-refractivity contribution in [1.82, 2.24) is 0 Å². The first-order chi connectivity index (χ1) is 23.4. The second-order valence-electron chi connectivity index (χ2n) is 12.6. The van der Waals surface area contributed by atoms with E-state index in [1.165, 1.54) is 31.4 Å². The van der Waals surface area contributed by atoms with E-state index in [1.54, 1.807) is 18.2 Å². The molecule has 7 N–H and O–H groups in total. The van der Waals surface area contributed by atoms with Crippen LogP contribution in [-0.4, -0.2) is 146 Å². The van der Waals surface area contributed by atoms with Gasteiger partial charge in [-0.1, -0.05) is 12.1 Å². The van der Waals surface area contributed by atoms with Gasteiger partial charge in [-0.25, -0.2) is 4.79 Å². The molecule has 1 aromatic carbocycles. The molecule has 0 radical (unpaired) electrons. The highest BCUT2D eigenvalue weighted by atomic mass is 16.8. The Morgan fingerprint density at radius 1 is 0.878 bits per heavy atom. The normalized spacial score (nSPS) is 44.1. The van der Waals surface area contributed by atoms with Gasteiger partial charge in [0.05, 0.1) is 37.6 Å². The monoisotopic (exact) mass is 696 g/mol. The van der Waals surface area contributed by atoms with E-state index in [1.807, 2.05) is 0 Å². The van der Waals surface area contributed by atoms with Crippen LogP contribution < -0.4 is 0 Å². The summed E-state index contributed by atoms with van der Waals surface area (Å²) in [6.07, 6.45) is -11.9. The van der Waals surface area contributed by atoms with Crippen LogP contribution in [0.4, 0.5) is 0 Å². The zero-order valence-electron chi connectivity index (χ0n) is 26.4. The number of carbonyl (C=O) groups is 2. The van der Waals surface area contributed by atoms with Crippen molar-refractivity contribution in [3.05, 3.63) is 48.2 Å². The van der Waals surface area contributed by atoms with E-state index in [2.05, 4.69) is 0 Å². The van der Waals surface area contributed by atoms with Crippen molar-refractivity contribution in [3.63, 3.8) is 0 Å². The lowest BCUT2D eigenvalue weighted by Gasteiger charge is -2.44. The topological polar surface area (TPSA) is 253 Å². The van der Waals surface area contributed by atoms with E-state index in [-0.39, 0.29) is 5.75 Å². The molecule has 270 valence electrons. The molecule has 4 aliphatic heterocycles. The minimum absolute atomic E-state index is 0.0385. The molecule has 1 saturated carbocycles. The molecule has 5 aliphatic rings. The minimum Gasteiger partial charge on any atom is -0.508 e. The molecule has 1 aromatic rings. The van der Waals surface area contributed by atoms with Gasteiger partial charge in [0.2, 0.25) is 6.29 Å². The van der Waals surface area contributed by atoms with Gasteiger partial charge in [0, 0.05) is 18.9 Å². The molecule has 4 fully saturated rings. The van der Waals surface area contributed by atoms with Crippen LogP contribution in [0, 0.1) is 11.8 Å². The molecule has 1 aliphatic carbocycles. The molecule has 3 saturated heterocycles. The number of phenolic OH excluding ortho intramolecular Hbond substituents is 1. The Morgan fingerprint density at radius 3 is 2.29 bits per heavy atom. The number of rotatable bonds is 10. The molecule has 16 unspecified atom stereocenters. The molecule has 0 amide bonds. The third-order valence-corrected chi connectivity index (χ3v) is 9.51. The fourth-order valence-corrected chi connectivity index (χ4v) is 6.93. The van der Waals surface area contributed by atoms with Gasteiger partial charge in [0.15, 0.2) is 24.8 Å². The zero-order chi connectivity index (χ0) is 35.2. The Kier molecular flexibility index (Phi) is 10.3. The highest BCUT2D eigenvalue weighted by molar-refractivity contribution is 5.87. The molecule has 4 heterocycles. The third kappa shape index (κ3) is 6.81. The molecule has 6 rings (SSSR count). The van der Waals surface area contributed by atoms with Crippen molar-refractivity contribution in [2.75, 3.05) is 13.2 Å². The van der Waals surface area contributed by atoms with Crippen molar-refractivity contribution >= 4 is 18.0 Å². The van der Waals surface area contributed by atoms with Crippen LogP contribution in [-0.2, 0) is 47.5 Å². The summed E-state index contributed by atoms with van der Waals surface area (Å²) >= 11 is 0. The summed E-state index contributed by atoms with van der Waals surface area (Å²) in [7, 11) is 0. The van der Waals surface area contributed by atoms with Gasteiger partial charge >= 0.3 is 11.9 Å². The summed E-state index contributed by atoms with van der Waals surface area (Å²) < 4.78 is 46.5. The quantitative estimate of drug-likeness (QED) is 0.0779. The standard InChI is InChI=1S/C32H40O17/c1-13-21(38)26(44-14(2)35)27(46-19(37)8-5-15-3-6-16(36)7-4-15)31(43-13)47-25-17-9-10-42-29(20(17)32(12-34)28(25)49-32)48-30-24(41)23(40)22(39)18(11-33)45-30/h3-10,13,17-18,20-31,33-34,36,38-41H,11-12H2,1-2H3. The highest BCUT2D eigenvalue weighted by Crippen LogP contribution is 2.61. The summed E-state index contributed by atoms with van der Waals surface area (Å²) in [5.41, 5.74) is -0.699. The van der Waals surface area contributed by atoms with Gasteiger partial charge in [-0.3, -0.25) is 4.79 Å². The smallest absolute Gasteiger partial charge is 0.331 e. The number of hydrogen-bond acceptors (Lipinski definition) is 17. The van der Waals surface area contributed by atoms with Crippen LogP contribution in [0.5, 0.6) is 5.75 Å². The third-order valence-electron chi connectivity index (χ3n) is 9.51. The molecule has 0 spiro atoms. The number of aliphatic hydroxyl groups is 6. The molecule has 17 nitrogen and oxygen atoms in total. The second-order valence-corrected chi connectivity index (χ2v) is 12.6. The maximum absolute atomic E-state index is 13.0. The lowest BCUT2D eigenvalue weighted by Crippen LogP contribution is -2.61. The Hall–Kier alpha value is -3.20. The number of epoxide rings is 1.